The molecule has 122 valence electrons. The zero-order chi connectivity index (χ0) is 16.6. The summed E-state index contributed by atoms with van der Waals surface area (Å²) in [5.41, 5.74) is 2.05. The van der Waals surface area contributed by atoms with Crippen LogP contribution in [0.4, 0.5) is 5.69 Å². The molecule has 23 heavy (non-hydrogen) atoms. The Labute approximate surface area is 141 Å². The van der Waals surface area contributed by atoms with Crippen LogP contribution in [0.5, 0.6) is 0 Å². The predicted octanol–water partition coefficient (Wildman–Crippen LogP) is 2.76. The summed E-state index contributed by atoms with van der Waals surface area (Å²) in [6.07, 6.45) is 1.31. The number of nitrogens with zero attached hydrogens (tertiary/aromatic N) is 3. The molecule has 1 atom stereocenters. The van der Waals surface area contributed by atoms with Gasteiger partial charge in [-0.25, -0.2) is 13.4 Å². The lowest BCUT2D eigenvalue weighted by molar-refractivity contribution is 0.340. The van der Waals surface area contributed by atoms with Gasteiger partial charge in [-0.05, 0) is 30.7 Å². The van der Waals surface area contributed by atoms with Crippen molar-refractivity contribution in [3.63, 3.8) is 0 Å². The van der Waals surface area contributed by atoms with E-state index in [0.717, 1.165) is 11.3 Å². The average molecular weight is 352 g/mol. The number of rotatable bonds is 2. The first-order valence-electron chi connectivity index (χ1n) is 7.32. The van der Waals surface area contributed by atoms with E-state index in [-0.39, 0.29) is 16.1 Å². The lowest BCUT2D eigenvalue weighted by Crippen LogP contribution is -2.41. The molecule has 2 aromatic rings. The van der Waals surface area contributed by atoms with Crippen LogP contribution in [0.1, 0.15) is 12.5 Å². The Morgan fingerprint density at radius 2 is 1.96 bits per heavy atom. The molecule has 0 unspecified atom stereocenters. The molecule has 0 bridgehead atoms. The summed E-state index contributed by atoms with van der Waals surface area (Å²) in [5.74, 6) is 0. The highest BCUT2D eigenvalue weighted by Gasteiger charge is 2.33. The van der Waals surface area contributed by atoms with Crippen molar-refractivity contribution in [2.24, 2.45) is 0 Å². The van der Waals surface area contributed by atoms with E-state index in [1.54, 1.807) is 0 Å². The normalized spacial score (nSPS) is 19.3. The van der Waals surface area contributed by atoms with Crippen molar-refractivity contribution in [3.8, 4) is 0 Å². The summed E-state index contributed by atoms with van der Waals surface area (Å²) >= 11 is 5.76. The van der Waals surface area contributed by atoms with Crippen LogP contribution in [0.15, 0.2) is 47.5 Å². The molecule has 0 radical (unpaired) electrons. The van der Waals surface area contributed by atoms with E-state index in [4.69, 9.17) is 11.6 Å². The number of aromatic nitrogens is 1. The summed E-state index contributed by atoms with van der Waals surface area (Å²) in [6.45, 7) is 2.88. The summed E-state index contributed by atoms with van der Waals surface area (Å²) in [7, 11) is -1.65. The number of fused-ring (bicyclic) bond motifs is 1. The van der Waals surface area contributed by atoms with Crippen molar-refractivity contribution in [2.75, 3.05) is 18.5 Å². The standard InChI is InChI=1S/C16H18ClN3O2S/c1-12-10-19(2)15-6-4-3-5-13(15)11-20(12)23(21,22)14-7-8-16(17)18-9-14/h3-9,12H,10-11H2,1-2H3/t12-/m1/s1. The van der Waals surface area contributed by atoms with E-state index in [2.05, 4.69) is 9.88 Å². The molecule has 1 aromatic carbocycles. The Morgan fingerprint density at radius 1 is 1.22 bits per heavy atom. The Morgan fingerprint density at radius 3 is 2.65 bits per heavy atom. The SMILES string of the molecule is C[C@@H]1CN(C)c2ccccc2CN1S(=O)(=O)c1ccc(Cl)nc1. The molecule has 1 aliphatic rings. The number of pyridine rings is 1. The first-order chi connectivity index (χ1) is 10.9. The maximum Gasteiger partial charge on any atom is 0.245 e. The molecule has 0 aliphatic carbocycles. The first kappa shape index (κ1) is 16.2. The van der Waals surface area contributed by atoms with Gasteiger partial charge in [0, 0.05) is 38.1 Å². The molecule has 3 rings (SSSR count). The molecule has 0 amide bonds. The number of hydrogen-bond acceptors (Lipinski definition) is 4. The molecule has 0 spiro atoms. The molecule has 5 nitrogen and oxygen atoms in total. The summed E-state index contributed by atoms with van der Waals surface area (Å²) in [6, 6.07) is 10.7. The van der Waals surface area contributed by atoms with Gasteiger partial charge in [0.05, 0.1) is 0 Å². The first-order valence-corrected chi connectivity index (χ1v) is 9.14. The highest BCUT2D eigenvalue weighted by Crippen LogP contribution is 2.29. The van der Waals surface area contributed by atoms with Gasteiger partial charge in [0.2, 0.25) is 10.0 Å². The van der Waals surface area contributed by atoms with Crippen molar-refractivity contribution < 1.29 is 8.42 Å². The van der Waals surface area contributed by atoms with Crippen LogP contribution in [0.25, 0.3) is 0 Å². The number of para-hydroxylation sites is 1. The number of halogens is 1. The smallest absolute Gasteiger partial charge is 0.245 e. The van der Waals surface area contributed by atoms with Crippen LogP contribution in [-0.4, -0.2) is 37.3 Å². The Kier molecular flexibility index (Phi) is 4.31. The van der Waals surface area contributed by atoms with Gasteiger partial charge in [0.1, 0.15) is 10.0 Å². The van der Waals surface area contributed by atoms with E-state index in [9.17, 15) is 8.42 Å². The van der Waals surface area contributed by atoms with Crippen molar-refractivity contribution >= 4 is 27.3 Å². The number of likely N-dealkylation sites (N-methyl/N-ethyl adjacent to an activating group) is 1. The minimum atomic E-state index is -3.63. The van der Waals surface area contributed by atoms with Gasteiger partial charge in [0.25, 0.3) is 0 Å². The fourth-order valence-corrected chi connectivity index (χ4v) is 4.56. The molecule has 1 aliphatic heterocycles. The van der Waals surface area contributed by atoms with Crippen molar-refractivity contribution in [1.29, 1.82) is 0 Å². The predicted molar refractivity (Wildman–Crippen MR) is 91.1 cm³/mol. The second-order valence-corrected chi connectivity index (χ2v) is 8.00. The summed E-state index contributed by atoms with van der Waals surface area (Å²) in [4.78, 5) is 6.15. The molecule has 0 fully saturated rings. The van der Waals surface area contributed by atoms with E-state index in [1.807, 2.05) is 38.2 Å². The average Bonchev–Trinajstić information content (AvgIpc) is 2.65. The number of hydrogen-bond donors (Lipinski definition) is 0. The number of sulfonamides is 1. The van der Waals surface area contributed by atoms with Crippen LogP contribution < -0.4 is 4.90 Å². The van der Waals surface area contributed by atoms with Crippen LogP contribution in [0.2, 0.25) is 5.15 Å². The third-order valence-corrected chi connectivity index (χ3v) is 6.23. The molecule has 7 heteroatoms. The van der Waals surface area contributed by atoms with Gasteiger partial charge in [0.15, 0.2) is 0 Å². The molecule has 0 saturated heterocycles. The van der Waals surface area contributed by atoms with Gasteiger partial charge in [-0.3, -0.25) is 0 Å². The number of benzene rings is 1. The second-order valence-electron chi connectivity index (χ2n) is 5.73. The van der Waals surface area contributed by atoms with Crippen LogP contribution in [0, 0.1) is 0 Å². The highest BCUT2D eigenvalue weighted by atomic mass is 35.5. The third-order valence-electron chi connectivity index (χ3n) is 4.07. The van der Waals surface area contributed by atoms with Crippen LogP contribution >= 0.6 is 11.6 Å². The van der Waals surface area contributed by atoms with Crippen LogP contribution in [-0.2, 0) is 16.6 Å². The fraction of sp³-hybridized carbons (Fsp3) is 0.312. The maximum absolute atomic E-state index is 13.0. The molecule has 0 saturated carbocycles. The molecule has 2 heterocycles. The van der Waals surface area contributed by atoms with Crippen LogP contribution in [0.3, 0.4) is 0 Å². The largest absolute Gasteiger partial charge is 0.373 e. The van der Waals surface area contributed by atoms with Crippen molar-refractivity contribution in [2.45, 2.75) is 24.4 Å². The maximum atomic E-state index is 13.0. The zero-order valence-electron chi connectivity index (χ0n) is 13.0. The Balaban J connectivity index is 2.03. The number of anilines is 1. The lowest BCUT2D eigenvalue weighted by Gasteiger charge is -2.27. The topological polar surface area (TPSA) is 53.5 Å². The molecular weight excluding hydrogens is 334 g/mol. The monoisotopic (exact) mass is 351 g/mol. The van der Waals surface area contributed by atoms with E-state index in [1.165, 1.54) is 22.6 Å². The fourth-order valence-electron chi connectivity index (χ4n) is 2.90. The Hall–Kier alpha value is -1.63. The minimum absolute atomic E-state index is 0.159. The second kappa shape index (κ2) is 6.11. The van der Waals surface area contributed by atoms with Crippen molar-refractivity contribution in [3.05, 3.63) is 53.3 Å². The lowest BCUT2D eigenvalue weighted by atomic mass is 10.1. The van der Waals surface area contributed by atoms with E-state index in [0.29, 0.717) is 13.1 Å². The van der Waals surface area contributed by atoms with E-state index < -0.39 is 10.0 Å². The summed E-state index contributed by atoms with van der Waals surface area (Å²) in [5, 5.41) is 0.276. The third kappa shape index (κ3) is 3.06. The zero-order valence-corrected chi connectivity index (χ0v) is 14.5. The van der Waals surface area contributed by atoms with Gasteiger partial charge >= 0.3 is 0 Å². The van der Waals surface area contributed by atoms with Gasteiger partial charge in [-0.1, -0.05) is 29.8 Å². The van der Waals surface area contributed by atoms with Crippen molar-refractivity contribution in [1.82, 2.24) is 9.29 Å². The van der Waals surface area contributed by atoms with E-state index >= 15 is 0 Å². The van der Waals surface area contributed by atoms with Gasteiger partial charge in [-0.15, -0.1) is 0 Å². The Bertz CT molecular complexity index is 808. The summed E-state index contributed by atoms with van der Waals surface area (Å²) < 4.78 is 27.5. The minimum Gasteiger partial charge on any atom is -0.373 e. The molecule has 1 aromatic heterocycles. The highest BCUT2D eigenvalue weighted by molar-refractivity contribution is 7.89. The van der Waals surface area contributed by atoms with Gasteiger partial charge < -0.3 is 4.90 Å². The quantitative estimate of drug-likeness (QED) is 0.781. The van der Waals surface area contributed by atoms with Gasteiger partial charge in [-0.2, -0.15) is 4.31 Å². The molecular formula is C16H18ClN3O2S. The molecule has 0 N–H and O–H groups in total.